The Morgan fingerprint density at radius 3 is 2.88 bits per heavy atom. The van der Waals surface area contributed by atoms with Gasteiger partial charge in [0.25, 0.3) is 0 Å². The molecule has 92 valence electrons. The van der Waals surface area contributed by atoms with Crippen molar-refractivity contribution in [3.63, 3.8) is 0 Å². The fourth-order valence-electron chi connectivity index (χ4n) is 1.97. The Morgan fingerprint density at radius 1 is 1.53 bits per heavy atom. The molecule has 17 heavy (non-hydrogen) atoms. The first-order chi connectivity index (χ1) is 8.00. The van der Waals surface area contributed by atoms with Crippen molar-refractivity contribution in [3.05, 3.63) is 23.8 Å². The number of nitrogens with zero attached hydrogens (tertiary/aromatic N) is 2. The van der Waals surface area contributed by atoms with Gasteiger partial charge in [-0.05, 0) is 6.92 Å². The van der Waals surface area contributed by atoms with Gasteiger partial charge < -0.3 is 5.32 Å². The fourth-order valence-corrected chi connectivity index (χ4v) is 1.97. The maximum Gasteiger partial charge on any atom is 0.309 e. The Kier molecular flexibility index (Phi) is 2.99. The molecule has 1 aromatic rings. The maximum absolute atomic E-state index is 13.4. The van der Waals surface area contributed by atoms with E-state index in [-0.39, 0.29) is 12.2 Å². The van der Waals surface area contributed by atoms with Crippen molar-refractivity contribution < 1.29 is 18.0 Å². The van der Waals surface area contributed by atoms with E-state index in [9.17, 15) is 18.0 Å². The van der Waals surface area contributed by atoms with E-state index in [1.54, 1.807) is 0 Å². The van der Waals surface area contributed by atoms with Crippen molar-refractivity contribution in [1.29, 1.82) is 0 Å². The van der Waals surface area contributed by atoms with E-state index in [1.165, 1.54) is 6.92 Å². The quantitative estimate of drug-likeness (QED) is 0.789. The molecule has 1 unspecified atom stereocenters. The summed E-state index contributed by atoms with van der Waals surface area (Å²) in [6, 6.07) is 0. The molecule has 4 nitrogen and oxygen atoms in total. The molecule has 1 N–H and O–H groups in total. The molecule has 0 radical (unpaired) electrons. The molecule has 1 fully saturated rings. The molecule has 1 saturated heterocycles. The lowest BCUT2D eigenvalue weighted by atomic mass is 9.89. The van der Waals surface area contributed by atoms with Crippen LogP contribution in [0, 0.1) is 17.8 Å². The zero-order chi connectivity index (χ0) is 12.6. The molecule has 7 heteroatoms. The van der Waals surface area contributed by atoms with Gasteiger partial charge in [-0.25, -0.2) is 18.7 Å². The summed E-state index contributed by atoms with van der Waals surface area (Å²) in [5.74, 6) is -3.30. The van der Waals surface area contributed by atoms with Gasteiger partial charge in [0.2, 0.25) is 5.91 Å². The first-order valence-corrected chi connectivity index (χ1v) is 5.10. The molecular weight excluding hydrogens is 235 g/mol. The van der Waals surface area contributed by atoms with Crippen LogP contribution in [0.25, 0.3) is 0 Å². The van der Waals surface area contributed by atoms with Crippen LogP contribution in [0.5, 0.6) is 0 Å². The molecule has 0 bridgehead atoms. The smallest absolute Gasteiger partial charge is 0.309 e. The minimum Gasteiger partial charge on any atom is -0.355 e. The fraction of sp³-hybridized carbons (Fsp3) is 0.500. The van der Waals surface area contributed by atoms with Crippen molar-refractivity contribution in [2.24, 2.45) is 5.92 Å². The largest absolute Gasteiger partial charge is 0.355 e. The standard InChI is InChI=1S/C10H10F3N3O/c1-4(11)5-2-14-9(17)7(5)8-6(12)3-15-10(13)16-8/h3-5,7H,2H2,1H3,(H,14,17)/t4-,5?,7+/m0/s1. The third-order valence-electron chi connectivity index (χ3n) is 2.85. The average molecular weight is 245 g/mol. The number of hydrogen-bond donors (Lipinski definition) is 1. The normalized spacial score (nSPS) is 25.8. The zero-order valence-electron chi connectivity index (χ0n) is 8.95. The number of rotatable bonds is 2. The summed E-state index contributed by atoms with van der Waals surface area (Å²) < 4.78 is 39.6. The van der Waals surface area contributed by atoms with Gasteiger partial charge in [0, 0.05) is 12.5 Å². The van der Waals surface area contributed by atoms with Crippen LogP contribution in [0.1, 0.15) is 18.5 Å². The predicted molar refractivity (Wildman–Crippen MR) is 51.8 cm³/mol. The number of nitrogens with one attached hydrogen (secondary N) is 1. The second-order valence-electron chi connectivity index (χ2n) is 3.94. The highest BCUT2D eigenvalue weighted by atomic mass is 19.1. The van der Waals surface area contributed by atoms with E-state index in [4.69, 9.17) is 0 Å². The number of halogens is 3. The molecule has 0 spiro atoms. The summed E-state index contributed by atoms with van der Waals surface area (Å²) in [6.45, 7) is 1.36. The summed E-state index contributed by atoms with van der Waals surface area (Å²) in [5, 5.41) is 2.42. The van der Waals surface area contributed by atoms with Crippen LogP contribution >= 0.6 is 0 Å². The average Bonchev–Trinajstić information content (AvgIpc) is 2.64. The third kappa shape index (κ3) is 2.09. The third-order valence-corrected chi connectivity index (χ3v) is 2.85. The van der Waals surface area contributed by atoms with E-state index in [0.717, 1.165) is 0 Å². The van der Waals surface area contributed by atoms with Crippen LogP contribution in [0.3, 0.4) is 0 Å². The molecule has 3 atom stereocenters. The van der Waals surface area contributed by atoms with E-state index >= 15 is 0 Å². The van der Waals surface area contributed by atoms with Crippen molar-refractivity contribution in [1.82, 2.24) is 15.3 Å². The van der Waals surface area contributed by atoms with Gasteiger partial charge >= 0.3 is 6.08 Å². The number of amides is 1. The van der Waals surface area contributed by atoms with Crippen LogP contribution in [0.2, 0.25) is 0 Å². The molecule has 1 aromatic heterocycles. The Bertz CT molecular complexity index is 452. The topological polar surface area (TPSA) is 54.9 Å². The maximum atomic E-state index is 13.4. The van der Waals surface area contributed by atoms with E-state index in [0.29, 0.717) is 6.20 Å². The number of hydrogen-bond acceptors (Lipinski definition) is 3. The van der Waals surface area contributed by atoms with E-state index < -0.39 is 35.8 Å². The molecule has 0 saturated carbocycles. The van der Waals surface area contributed by atoms with Crippen LogP contribution in [-0.2, 0) is 4.79 Å². The van der Waals surface area contributed by atoms with Gasteiger partial charge in [-0.15, -0.1) is 0 Å². The Hall–Kier alpha value is -1.66. The number of carbonyl (C=O) groups is 1. The molecule has 1 aliphatic heterocycles. The van der Waals surface area contributed by atoms with Gasteiger partial charge in [-0.1, -0.05) is 0 Å². The molecule has 0 aromatic carbocycles. The summed E-state index contributed by atoms with van der Waals surface area (Å²) in [5.41, 5.74) is -0.387. The molecule has 2 rings (SSSR count). The Labute approximate surface area is 95.3 Å². The number of aromatic nitrogens is 2. The summed E-state index contributed by atoms with van der Waals surface area (Å²) in [4.78, 5) is 17.8. The summed E-state index contributed by atoms with van der Waals surface area (Å²) >= 11 is 0. The van der Waals surface area contributed by atoms with Crippen molar-refractivity contribution in [2.45, 2.75) is 19.0 Å². The van der Waals surface area contributed by atoms with E-state index in [2.05, 4.69) is 15.3 Å². The minimum atomic E-state index is -1.32. The monoisotopic (exact) mass is 245 g/mol. The highest BCUT2D eigenvalue weighted by Crippen LogP contribution is 2.32. The molecule has 1 aliphatic rings. The molecule has 1 amide bonds. The van der Waals surface area contributed by atoms with Crippen LogP contribution in [0.15, 0.2) is 6.20 Å². The van der Waals surface area contributed by atoms with Gasteiger partial charge in [0.1, 0.15) is 6.17 Å². The predicted octanol–water partition coefficient (Wildman–Crippen LogP) is 0.942. The molecule has 0 aliphatic carbocycles. The summed E-state index contributed by atoms with van der Waals surface area (Å²) in [6.07, 6.45) is -1.81. The first kappa shape index (κ1) is 11.8. The first-order valence-electron chi connectivity index (χ1n) is 5.10. The Balaban J connectivity index is 2.42. The van der Waals surface area contributed by atoms with Gasteiger partial charge in [-0.3, -0.25) is 4.79 Å². The van der Waals surface area contributed by atoms with Crippen molar-refractivity contribution in [3.8, 4) is 0 Å². The van der Waals surface area contributed by atoms with Crippen molar-refractivity contribution >= 4 is 5.91 Å². The van der Waals surface area contributed by atoms with Crippen LogP contribution < -0.4 is 5.32 Å². The lowest BCUT2D eigenvalue weighted by Gasteiger charge is -2.17. The van der Waals surface area contributed by atoms with Crippen molar-refractivity contribution in [2.75, 3.05) is 6.54 Å². The van der Waals surface area contributed by atoms with E-state index in [1.807, 2.05) is 0 Å². The summed E-state index contributed by atoms with van der Waals surface area (Å²) in [7, 11) is 0. The second-order valence-corrected chi connectivity index (χ2v) is 3.94. The van der Waals surface area contributed by atoms with Gasteiger partial charge in [0.15, 0.2) is 5.82 Å². The molecular formula is C10H10F3N3O. The number of carbonyl (C=O) groups excluding carboxylic acids is 1. The zero-order valence-corrected chi connectivity index (χ0v) is 8.95. The lowest BCUT2D eigenvalue weighted by molar-refractivity contribution is -0.121. The lowest BCUT2D eigenvalue weighted by Crippen LogP contribution is -2.24. The highest BCUT2D eigenvalue weighted by molar-refractivity contribution is 5.85. The Morgan fingerprint density at radius 2 is 2.24 bits per heavy atom. The second kappa shape index (κ2) is 4.31. The van der Waals surface area contributed by atoms with Crippen LogP contribution in [-0.4, -0.2) is 28.6 Å². The highest BCUT2D eigenvalue weighted by Gasteiger charge is 2.41. The molecule has 2 heterocycles. The van der Waals surface area contributed by atoms with Crippen LogP contribution in [0.4, 0.5) is 13.2 Å². The minimum absolute atomic E-state index is 0.0895. The van der Waals surface area contributed by atoms with Gasteiger partial charge in [-0.2, -0.15) is 4.39 Å². The van der Waals surface area contributed by atoms with Gasteiger partial charge in [0.05, 0.1) is 17.8 Å². The number of alkyl halides is 1. The SMILES string of the molecule is C[C@H](F)C1CNC(=O)[C@H]1c1nc(F)ncc1F.